The van der Waals surface area contributed by atoms with Gasteiger partial charge in [0.1, 0.15) is 10.6 Å². The minimum atomic E-state index is -3.90. The van der Waals surface area contributed by atoms with Gasteiger partial charge in [-0.05, 0) is 48.6 Å². The summed E-state index contributed by atoms with van der Waals surface area (Å²) in [6, 6.07) is 10.2. The van der Waals surface area contributed by atoms with E-state index in [-0.39, 0.29) is 38.6 Å². The molecule has 2 unspecified atom stereocenters. The highest BCUT2D eigenvalue weighted by Crippen LogP contribution is 2.32. The van der Waals surface area contributed by atoms with Crippen LogP contribution < -0.4 is 10.1 Å². The van der Waals surface area contributed by atoms with Gasteiger partial charge in [-0.25, -0.2) is 16.8 Å². The Labute approximate surface area is 189 Å². The third-order valence-electron chi connectivity index (χ3n) is 5.41. The Morgan fingerprint density at radius 3 is 2.22 bits per heavy atom. The minimum Gasteiger partial charge on any atom is -0.495 e. The van der Waals surface area contributed by atoms with Gasteiger partial charge < -0.3 is 10.1 Å². The Bertz CT molecular complexity index is 1210. The molecule has 0 aromatic heterocycles. The number of rotatable bonds is 6. The lowest BCUT2D eigenvalue weighted by molar-refractivity contribution is 0.102. The molecule has 1 saturated heterocycles. The van der Waals surface area contributed by atoms with Crippen LogP contribution in [0.2, 0.25) is 0 Å². The predicted molar refractivity (Wildman–Crippen MR) is 122 cm³/mol. The first-order chi connectivity index (χ1) is 14.9. The number of amides is 1. The van der Waals surface area contributed by atoms with Crippen LogP contribution in [-0.2, 0) is 19.9 Å². The first-order valence-electron chi connectivity index (χ1n) is 10.2. The summed E-state index contributed by atoms with van der Waals surface area (Å²) in [5, 5.41) is 2.58. The van der Waals surface area contributed by atoms with Gasteiger partial charge >= 0.3 is 0 Å². The monoisotopic (exact) mass is 480 g/mol. The molecule has 0 saturated carbocycles. The third-order valence-corrected chi connectivity index (χ3v) is 8.42. The number of nitrogens with zero attached hydrogens (tertiary/aromatic N) is 1. The maximum Gasteiger partial charge on any atom is 0.255 e. The second-order valence-electron chi connectivity index (χ2n) is 8.36. The molecule has 3 rings (SSSR count). The zero-order valence-corrected chi connectivity index (χ0v) is 20.2. The molecule has 8 nitrogen and oxygen atoms in total. The number of carbonyl (C=O) groups excluding carboxylic acids is 1. The molecular weight excluding hydrogens is 452 g/mol. The molecule has 174 valence electrons. The smallest absolute Gasteiger partial charge is 0.255 e. The molecule has 1 N–H and O–H groups in total. The van der Waals surface area contributed by atoms with Crippen molar-refractivity contribution in [2.24, 2.45) is 11.8 Å². The van der Waals surface area contributed by atoms with E-state index in [4.69, 9.17) is 4.74 Å². The summed E-state index contributed by atoms with van der Waals surface area (Å²) in [6.45, 7) is 4.82. The number of hydrogen-bond donors (Lipinski definition) is 1. The number of hydrogen-bond acceptors (Lipinski definition) is 6. The van der Waals surface area contributed by atoms with E-state index in [0.717, 1.165) is 12.7 Å². The fourth-order valence-electron chi connectivity index (χ4n) is 4.05. The Morgan fingerprint density at radius 2 is 1.62 bits per heavy atom. The number of methoxy groups -OCH3 is 1. The zero-order valence-electron chi connectivity index (χ0n) is 18.5. The number of para-hydroxylation sites is 1. The molecule has 2 aromatic rings. The van der Waals surface area contributed by atoms with Gasteiger partial charge in [-0.2, -0.15) is 4.31 Å². The van der Waals surface area contributed by atoms with Gasteiger partial charge in [-0.1, -0.05) is 26.0 Å². The van der Waals surface area contributed by atoms with Gasteiger partial charge in [0.2, 0.25) is 10.0 Å². The molecule has 10 heteroatoms. The second-order valence-corrected chi connectivity index (χ2v) is 12.2. The normalized spacial score (nSPS) is 20.0. The number of benzene rings is 2. The van der Waals surface area contributed by atoms with E-state index in [1.54, 1.807) is 12.1 Å². The quantitative estimate of drug-likeness (QED) is 0.681. The molecule has 1 amide bonds. The molecule has 1 heterocycles. The number of sulfonamides is 1. The molecule has 0 bridgehead atoms. The summed E-state index contributed by atoms with van der Waals surface area (Å²) >= 11 is 0. The molecule has 1 aliphatic heterocycles. The predicted octanol–water partition coefficient (Wildman–Crippen LogP) is 3.02. The lowest BCUT2D eigenvalue weighted by Crippen LogP contribution is -2.42. The minimum absolute atomic E-state index is 0.0222. The van der Waals surface area contributed by atoms with Crippen molar-refractivity contribution in [3.8, 4) is 5.75 Å². The summed E-state index contributed by atoms with van der Waals surface area (Å²) in [4.78, 5) is 12.8. The average Bonchev–Trinajstić information content (AvgIpc) is 2.72. The molecule has 32 heavy (non-hydrogen) atoms. The maximum atomic E-state index is 13.4. The standard InChI is InChI=1S/C22H28N2O6S2/c1-15-11-16(2)14-24(13-15)32(28,29)21-12-17(9-10-19(21)30-3)22(25)23-18-7-5-6-8-20(18)31(4,26)27/h5-10,12,15-16H,11,13-14H2,1-4H3,(H,23,25). The largest absolute Gasteiger partial charge is 0.495 e. The van der Waals surface area contributed by atoms with Crippen LogP contribution in [0.25, 0.3) is 0 Å². The Morgan fingerprint density at radius 1 is 1.00 bits per heavy atom. The number of piperidine rings is 1. The molecule has 1 aliphatic rings. The number of ether oxygens (including phenoxy) is 1. The molecular formula is C22H28N2O6S2. The van der Waals surface area contributed by atoms with Gasteiger partial charge in [-0.15, -0.1) is 0 Å². The summed E-state index contributed by atoms with van der Waals surface area (Å²) < 4.78 is 57.6. The van der Waals surface area contributed by atoms with Crippen LogP contribution in [0.3, 0.4) is 0 Å². The molecule has 0 spiro atoms. The summed E-state index contributed by atoms with van der Waals surface area (Å²) in [6.07, 6.45) is 2.00. The van der Waals surface area contributed by atoms with E-state index in [0.29, 0.717) is 13.1 Å². The van der Waals surface area contributed by atoms with Crippen LogP contribution in [0.1, 0.15) is 30.6 Å². The van der Waals surface area contributed by atoms with E-state index in [2.05, 4.69) is 5.32 Å². The van der Waals surface area contributed by atoms with Crippen molar-refractivity contribution in [1.82, 2.24) is 4.31 Å². The van der Waals surface area contributed by atoms with Crippen LogP contribution in [0, 0.1) is 11.8 Å². The van der Waals surface area contributed by atoms with Crippen LogP contribution >= 0.6 is 0 Å². The van der Waals surface area contributed by atoms with Gasteiger partial charge in [0, 0.05) is 24.9 Å². The lowest BCUT2D eigenvalue weighted by atomic mass is 9.94. The van der Waals surface area contributed by atoms with Crippen LogP contribution in [0.15, 0.2) is 52.3 Å². The molecule has 1 fully saturated rings. The fourth-order valence-corrected chi connectivity index (χ4v) is 6.75. The second kappa shape index (κ2) is 9.21. The SMILES string of the molecule is COc1ccc(C(=O)Nc2ccccc2S(C)(=O)=O)cc1S(=O)(=O)N1CC(C)CC(C)C1. The van der Waals surface area contributed by atoms with E-state index < -0.39 is 25.8 Å². The summed E-state index contributed by atoms with van der Waals surface area (Å²) in [5.74, 6) is -0.0402. The Kier molecular flexibility index (Phi) is 6.97. The van der Waals surface area contributed by atoms with Gasteiger partial charge in [0.15, 0.2) is 9.84 Å². The highest BCUT2D eigenvalue weighted by atomic mass is 32.2. The third kappa shape index (κ3) is 5.13. The van der Waals surface area contributed by atoms with Crippen molar-refractivity contribution in [2.75, 3.05) is 31.8 Å². The van der Waals surface area contributed by atoms with Crippen molar-refractivity contribution >= 4 is 31.5 Å². The number of nitrogens with one attached hydrogen (secondary N) is 1. The Hall–Kier alpha value is -2.43. The van der Waals surface area contributed by atoms with Crippen LogP contribution in [-0.4, -0.2) is 53.5 Å². The van der Waals surface area contributed by atoms with E-state index in [1.165, 1.54) is 41.7 Å². The van der Waals surface area contributed by atoms with Crippen molar-refractivity contribution in [2.45, 2.75) is 30.1 Å². The summed E-state index contributed by atoms with van der Waals surface area (Å²) in [5.41, 5.74) is 0.199. The number of sulfone groups is 1. The van der Waals surface area contributed by atoms with Crippen LogP contribution in [0.5, 0.6) is 5.75 Å². The topological polar surface area (TPSA) is 110 Å². The molecule has 2 atom stereocenters. The number of carbonyl (C=O) groups is 1. The summed E-state index contributed by atoms with van der Waals surface area (Å²) in [7, 11) is -6.09. The number of anilines is 1. The lowest BCUT2D eigenvalue weighted by Gasteiger charge is -2.34. The van der Waals surface area contributed by atoms with E-state index in [1.807, 2.05) is 13.8 Å². The van der Waals surface area contributed by atoms with Crippen molar-refractivity contribution in [3.63, 3.8) is 0 Å². The highest BCUT2D eigenvalue weighted by molar-refractivity contribution is 7.91. The van der Waals surface area contributed by atoms with E-state index in [9.17, 15) is 21.6 Å². The van der Waals surface area contributed by atoms with Crippen molar-refractivity contribution in [3.05, 3.63) is 48.0 Å². The zero-order chi connectivity index (χ0) is 23.7. The van der Waals surface area contributed by atoms with Gasteiger partial charge in [0.05, 0.1) is 17.7 Å². The molecule has 0 aliphatic carbocycles. The maximum absolute atomic E-state index is 13.4. The first kappa shape index (κ1) is 24.2. The molecule has 0 radical (unpaired) electrons. The van der Waals surface area contributed by atoms with Gasteiger partial charge in [0.25, 0.3) is 5.91 Å². The fraction of sp³-hybridized carbons (Fsp3) is 0.409. The molecule has 2 aromatic carbocycles. The van der Waals surface area contributed by atoms with E-state index >= 15 is 0 Å². The highest BCUT2D eigenvalue weighted by Gasteiger charge is 2.34. The van der Waals surface area contributed by atoms with Gasteiger partial charge in [-0.3, -0.25) is 4.79 Å². The van der Waals surface area contributed by atoms with Crippen molar-refractivity contribution in [1.29, 1.82) is 0 Å². The van der Waals surface area contributed by atoms with Crippen LogP contribution in [0.4, 0.5) is 5.69 Å². The Balaban J connectivity index is 1.97. The van der Waals surface area contributed by atoms with Crippen molar-refractivity contribution < 1.29 is 26.4 Å². The first-order valence-corrected chi connectivity index (χ1v) is 13.5. The average molecular weight is 481 g/mol.